The number of ether oxygens (including phenoxy) is 1. The van der Waals surface area contributed by atoms with Crippen molar-refractivity contribution in [2.45, 2.75) is 19.4 Å². The molecule has 0 spiro atoms. The van der Waals surface area contributed by atoms with Crippen LogP contribution < -0.4 is 10.1 Å². The van der Waals surface area contributed by atoms with Crippen LogP contribution in [0.3, 0.4) is 0 Å². The molecule has 0 fully saturated rings. The largest absolute Gasteiger partial charge is 0.456 e. The number of pyridine rings is 1. The van der Waals surface area contributed by atoms with Gasteiger partial charge < -0.3 is 10.1 Å². The average Bonchev–Trinajstić information content (AvgIpc) is 2.54. The molecule has 1 heterocycles. The van der Waals surface area contributed by atoms with Crippen LogP contribution in [-0.2, 0) is 0 Å². The predicted octanol–water partition coefficient (Wildman–Crippen LogP) is 2.91. The number of benzene rings is 1. The third kappa shape index (κ3) is 4.05. The van der Waals surface area contributed by atoms with Crippen LogP contribution in [0.4, 0.5) is 0 Å². The Bertz CT molecular complexity index is 633. The highest BCUT2D eigenvalue weighted by Crippen LogP contribution is 2.20. The minimum Gasteiger partial charge on any atom is -0.456 e. The molecule has 1 N–H and O–H groups in total. The van der Waals surface area contributed by atoms with Crippen LogP contribution in [0.25, 0.3) is 0 Å². The van der Waals surface area contributed by atoms with Crippen LogP contribution in [0.15, 0.2) is 48.8 Å². The van der Waals surface area contributed by atoms with Crippen molar-refractivity contribution in [3.8, 4) is 17.6 Å². The van der Waals surface area contributed by atoms with Gasteiger partial charge in [0.1, 0.15) is 17.5 Å². The lowest BCUT2D eigenvalue weighted by molar-refractivity contribution is 0.0944. The molecule has 0 aliphatic rings. The summed E-state index contributed by atoms with van der Waals surface area (Å²) in [7, 11) is 0. The molecule has 2 aromatic rings. The van der Waals surface area contributed by atoms with Gasteiger partial charge in [-0.2, -0.15) is 5.26 Å². The number of amides is 1. The second-order valence-electron chi connectivity index (χ2n) is 4.38. The van der Waals surface area contributed by atoms with Crippen molar-refractivity contribution < 1.29 is 9.53 Å². The molecule has 2 rings (SSSR count). The molecule has 0 aliphatic heterocycles. The highest BCUT2D eigenvalue weighted by Gasteiger charge is 2.11. The zero-order valence-corrected chi connectivity index (χ0v) is 11.6. The van der Waals surface area contributed by atoms with Gasteiger partial charge in [-0.05, 0) is 42.8 Å². The van der Waals surface area contributed by atoms with E-state index >= 15 is 0 Å². The Balaban J connectivity index is 2.02. The van der Waals surface area contributed by atoms with E-state index in [4.69, 9.17) is 10.00 Å². The molecule has 106 valence electrons. The lowest BCUT2D eigenvalue weighted by Gasteiger charge is -2.10. The molecule has 0 radical (unpaired) electrons. The number of hydrogen-bond acceptors (Lipinski definition) is 4. The molecule has 0 saturated heterocycles. The minimum absolute atomic E-state index is 0.267. The van der Waals surface area contributed by atoms with Gasteiger partial charge in [-0.3, -0.25) is 9.78 Å². The molecular weight excluding hydrogens is 266 g/mol. The van der Waals surface area contributed by atoms with E-state index in [1.807, 2.05) is 13.0 Å². The van der Waals surface area contributed by atoms with Gasteiger partial charge >= 0.3 is 0 Å². The minimum atomic E-state index is -0.469. The molecular formula is C16H15N3O2. The van der Waals surface area contributed by atoms with E-state index in [0.29, 0.717) is 23.5 Å². The van der Waals surface area contributed by atoms with Gasteiger partial charge in [0.2, 0.25) is 0 Å². The molecule has 1 aromatic carbocycles. The number of carbonyl (C=O) groups excluding carboxylic acids is 1. The van der Waals surface area contributed by atoms with Gasteiger partial charge in [-0.15, -0.1) is 0 Å². The number of rotatable bonds is 5. The molecule has 0 saturated carbocycles. The summed E-state index contributed by atoms with van der Waals surface area (Å²) in [6.45, 7) is 1.85. The number of carbonyl (C=O) groups is 1. The molecule has 1 amide bonds. The van der Waals surface area contributed by atoms with Gasteiger partial charge in [-0.25, -0.2) is 0 Å². The normalized spacial score (nSPS) is 11.2. The Labute approximate surface area is 123 Å². The molecule has 1 atom stereocenters. The first-order chi connectivity index (χ1) is 10.2. The fraction of sp³-hybridized carbons (Fsp3) is 0.188. The smallest absolute Gasteiger partial charge is 0.252 e. The monoisotopic (exact) mass is 281 g/mol. The van der Waals surface area contributed by atoms with Crippen molar-refractivity contribution >= 4 is 5.91 Å². The zero-order valence-electron chi connectivity index (χ0n) is 11.6. The van der Waals surface area contributed by atoms with Gasteiger partial charge in [-0.1, -0.05) is 6.92 Å². The number of aromatic nitrogens is 1. The summed E-state index contributed by atoms with van der Waals surface area (Å²) < 4.78 is 5.59. The van der Waals surface area contributed by atoms with E-state index in [-0.39, 0.29) is 5.91 Å². The zero-order chi connectivity index (χ0) is 15.1. The third-order valence-corrected chi connectivity index (χ3v) is 2.86. The lowest BCUT2D eigenvalue weighted by Crippen LogP contribution is -2.33. The summed E-state index contributed by atoms with van der Waals surface area (Å²) in [4.78, 5) is 15.9. The molecule has 0 unspecified atom stereocenters. The number of hydrogen-bond donors (Lipinski definition) is 1. The molecule has 1 aromatic heterocycles. The predicted molar refractivity (Wildman–Crippen MR) is 77.9 cm³/mol. The van der Waals surface area contributed by atoms with Crippen molar-refractivity contribution in [2.75, 3.05) is 0 Å². The topological polar surface area (TPSA) is 75.0 Å². The summed E-state index contributed by atoms with van der Waals surface area (Å²) in [5, 5.41) is 11.5. The number of nitrogens with zero attached hydrogens (tertiary/aromatic N) is 2. The summed E-state index contributed by atoms with van der Waals surface area (Å²) in [5.41, 5.74) is 0.488. The fourth-order valence-electron chi connectivity index (χ4n) is 1.69. The van der Waals surface area contributed by atoms with Crippen molar-refractivity contribution in [1.29, 1.82) is 5.26 Å². The van der Waals surface area contributed by atoms with Crippen LogP contribution in [0.1, 0.15) is 23.7 Å². The molecule has 5 heteroatoms. The van der Waals surface area contributed by atoms with Crippen LogP contribution in [0.2, 0.25) is 0 Å². The van der Waals surface area contributed by atoms with Crippen molar-refractivity contribution in [1.82, 2.24) is 10.3 Å². The van der Waals surface area contributed by atoms with Gasteiger partial charge in [0.15, 0.2) is 0 Å². The summed E-state index contributed by atoms with van der Waals surface area (Å²) >= 11 is 0. The van der Waals surface area contributed by atoms with E-state index in [9.17, 15) is 4.79 Å². The quantitative estimate of drug-likeness (QED) is 0.914. The first-order valence-corrected chi connectivity index (χ1v) is 6.61. The fourth-order valence-corrected chi connectivity index (χ4v) is 1.69. The highest BCUT2D eigenvalue weighted by molar-refractivity contribution is 5.94. The van der Waals surface area contributed by atoms with Crippen molar-refractivity contribution in [3.05, 3.63) is 54.4 Å². The van der Waals surface area contributed by atoms with Crippen LogP contribution >= 0.6 is 0 Å². The molecule has 0 bridgehead atoms. The lowest BCUT2D eigenvalue weighted by atomic mass is 10.1. The second-order valence-corrected chi connectivity index (χ2v) is 4.38. The van der Waals surface area contributed by atoms with Crippen LogP contribution in [0, 0.1) is 11.3 Å². The summed E-state index contributed by atoms with van der Waals surface area (Å²) in [6.07, 6.45) is 3.85. The number of nitrogens with one attached hydrogen (secondary N) is 1. The van der Waals surface area contributed by atoms with Gasteiger partial charge in [0.25, 0.3) is 5.91 Å². The number of nitriles is 1. The van der Waals surface area contributed by atoms with E-state index in [0.717, 1.165) is 0 Å². The molecule has 21 heavy (non-hydrogen) atoms. The van der Waals surface area contributed by atoms with E-state index < -0.39 is 6.04 Å². The van der Waals surface area contributed by atoms with Crippen LogP contribution in [-0.4, -0.2) is 16.9 Å². The average molecular weight is 281 g/mol. The highest BCUT2D eigenvalue weighted by atomic mass is 16.5. The summed E-state index contributed by atoms with van der Waals surface area (Å²) in [5.74, 6) is 0.980. The third-order valence-electron chi connectivity index (χ3n) is 2.86. The Morgan fingerprint density at radius 2 is 2.10 bits per heavy atom. The molecule has 0 aliphatic carbocycles. The Morgan fingerprint density at radius 1 is 1.33 bits per heavy atom. The van der Waals surface area contributed by atoms with E-state index in [1.54, 1.807) is 48.8 Å². The van der Waals surface area contributed by atoms with Gasteiger partial charge in [0.05, 0.1) is 12.3 Å². The first-order valence-electron chi connectivity index (χ1n) is 6.61. The van der Waals surface area contributed by atoms with Gasteiger partial charge in [0, 0.05) is 11.8 Å². The maximum Gasteiger partial charge on any atom is 0.252 e. The van der Waals surface area contributed by atoms with Crippen molar-refractivity contribution in [2.24, 2.45) is 0 Å². The standard InChI is InChI=1S/C16H15N3O2/c1-2-13(10-17)19-16(20)12-5-7-14(8-6-12)21-15-4-3-9-18-11-15/h3-9,11,13H,2H2,1H3,(H,19,20)/t13-/m1/s1. The first kappa shape index (κ1) is 14.5. The Hall–Kier alpha value is -2.87. The Kier molecular flexibility index (Phi) is 4.89. The SMILES string of the molecule is CC[C@H](C#N)NC(=O)c1ccc(Oc2cccnc2)cc1. The van der Waals surface area contributed by atoms with Crippen molar-refractivity contribution in [3.63, 3.8) is 0 Å². The van der Waals surface area contributed by atoms with E-state index in [2.05, 4.69) is 10.3 Å². The molecule has 5 nitrogen and oxygen atoms in total. The Morgan fingerprint density at radius 3 is 2.67 bits per heavy atom. The van der Waals surface area contributed by atoms with E-state index in [1.165, 1.54) is 0 Å². The second kappa shape index (κ2) is 7.06. The maximum absolute atomic E-state index is 11.9. The maximum atomic E-state index is 11.9. The van der Waals surface area contributed by atoms with Crippen LogP contribution in [0.5, 0.6) is 11.5 Å². The summed E-state index contributed by atoms with van der Waals surface area (Å²) in [6, 6.07) is 11.9.